The average Bonchev–Trinajstić information content (AvgIpc) is 2.55. The van der Waals surface area contributed by atoms with Gasteiger partial charge in [0.2, 0.25) is 7.37 Å². The van der Waals surface area contributed by atoms with Gasteiger partial charge in [-0.05, 0) is 23.3 Å². The summed E-state index contributed by atoms with van der Waals surface area (Å²) in [5.74, 6) is 0.604. The normalized spacial score (nSPS) is 14.7. The third-order valence-corrected chi connectivity index (χ3v) is 5.84. The smallest absolute Gasteiger partial charge is 0.207 e. The van der Waals surface area contributed by atoms with Crippen molar-refractivity contribution in [1.29, 1.82) is 0 Å². The predicted molar refractivity (Wildman–Crippen MR) is 101 cm³/mol. The van der Waals surface area contributed by atoms with Crippen molar-refractivity contribution < 1.29 is 19.3 Å². The summed E-state index contributed by atoms with van der Waals surface area (Å²) < 4.78 is 17.4. The molecular formula is C18H23ClNO4P. The van der Waals surface area contributed by atoms with Gasteiger partial charge >= 0.3 is 0 Å². The Kier molecular flexibility index (Phi) is 7.48. The van der Waals surface area contributed by atoms with Crippen molar-refractivity contribution in [2.45, 2.75) is 18.8 Å². The first kappa shape index (κ1) is 20.0. The molecule has 25 heavy (non-hydrogen) atoms. The zero-order chi connectivity index (χ0) is 18.3. The van der Waals surface area contributed by atoms with Gasteiger partial charge in [-0.1, -0.05) is 48.0 Å². The number of hydrogen-bond acceptors (Lipinski definition) is 4. The first-order chi connectivity index (χ1) is 11.9. The molecule has 0 saturated heterocycles. The van der Waals surface area contributed by atoms with Crippen molar-refractivity contribution in [2.75, 3.05) is 19.8 Å². The lowest BCUT2D eigenvalue weighted by Crippen LogP contribution is -2.29. The fraction of sp³-hybridized carbons (Fsp3) is 0.333. The van der Waals surface area contributed by atoms with E-state index in [-0.39, 0.29) is 18.9 Å². The van der Waals surface area contributed by atoms with Crippen LogP contribution in [0.15, 0.2) is 48.5 Å². The van der Waals surface area contributed by atoms with Crippen LogP contribution in [-0.4, -0.2) is 35.9 Å². The maximum atomic E-state index is 12.3. The number of rotatable bonds is 9. The molecule has 7 heteroatoms. The molecule has 0 amide bonds. The van der Waals surface area contributed by atoms with Gasteiger partial charge in [0.05, 0.1) is 24.4 Å². The molecule has 0 aliphatic heterocycles. The van der Waals surface area contributed by atoms with Crippen LogP contribution in [-0.2, 0) is 17.3 Å². The van der Waals surface area contributed by atoms with Crippen LogP contribution in [0.4, 0.5) is 0 Å². The lowest BCUT2D eigenvalue weighted by Gasteiger charge is -2.17. The molecule has 0 saturated carbocycles. The summed E-state index contributed by atoms with van der Waals surface area (Å²) in [7, 11) is -1.88. The highest BCUT2D eigenvalue weighted by Gasteiger charge is 2.23. The zero-order valence-electron chi connectivity index (χ0n) is 14.1. The Balaban J connectivity index is 1.79. The number of aliphatic hydroxyl groups is 1. The molecule has 2 aromatic rings. The molecule has 5 nitrogen and oxygen atoms in total. The van der Waals surface area contributed by atoms with E-state index in [0.29, 0.717) is 17.3 Å². The molecule has 0 aliphatic rings. The lowest BCUT2D eigenvalue weighted by molar-refractivity contribution is 0.190. The number of ether oxygens (including phenoxy) is 1. The maximum Gasteiger partial charge on any atom is 0.207 e. The van der Waals surface area contributed by atoms with E-state index in [1.165, 1.54) is 0 Å². The molecule has 2 rings (SSSR count). The van der Waals surface area contributed by atoms with Gasteiger partial charge in [-0.15, -0.1) is 0 Å². The number of methoxy groups -OCH3 is 1. The maximum absolute atomic E-state index is 12.3. The average molecular weight is 384 g/mol. The number of benzene rings is 2. The van der Waals surface area contributed by atoms with Crippen LogP contribution < -0.4 is 10.1 Å². The summed E-state index contributed by atoms with van der Waals surface area (Å²) >= 11 is 6.06. The molecule has 1 unspecified atom stereocenters. The number of hydrogen-bond donors (Lipinski definition) is 3. The lowest BCUT2D eigenvalue weighted by atomic mass is 10.2. The summed E-state index contributed by atoms with van der Waals surface area (Å²) in [4.78, 5) is 10.1. The number of halogens is 1. The molecule has 0 aromatic heterocycles. The molecule has 0 radical (unpaired) electrons. The first-order valence-corrected chi connectivity index (χ1v) is 10.4. The van der Waals surface area contributed by atoms with Crippen molar-refractivity contribution in [3.05, 3.63) is 64.7 Å². The molecule has 0 fully saturated rings. The third kappa shape index (κ3) is 6.81. The van der Waals surface area contributed by atoms with E-state index < -0.39 is 13.5 Å². The molecule has 0 bridgehead atoms. The second-order valence-corrected chi connectivity index (χ2v) is 8.71. The molecular weight excluding hydrogens is 361 g/mol. The van der Waals surface area contributed by atoms with Crippen LogP contribution >= 0.6 is 19.0 Å². The van der Waals surface area contributed by atoms with Gasteiger partial charge in [-0.2, -0.15) is 0 Å². The van der Waals surface area contributed by atoms with Crippen LogP contribution in [0.2, 0.25) is 5.02 Å². The van der Waals surface area contributed by atoms with Crippen molar-refractivity contribution in [1.82, 2.24) is 5.32 Å². The van der Waals surface area contributed by atoms with E-state index in [0.717, 1.165) is 11.1 Å². The Morgan fingerprint density at radius 3 is 2.56 bits per heavy atom. The van der Waals surface area contributed by atoms with E-state index in [2.05, 4.69) is 5.32 Å². The number of aliphatic hydroxyl groups excluding tert-OH is 1. The van der Waals surface area contributed by atoms with Gasteiger partial charge in [-0.3, -0.25) is 4.57 Å². The molecule has 0 aliphatic carbocycles. The molecule has 136 valence electrons. The van der Waals surface area contributed by atoms with Crippen molar-refractivity contribution >= 4 is 19.0 Å². The highest BCUT2D eigenvalue weighted by Crippen LogP contribution is 2.44. The molecule has 2 atom stereocenters. The van der Waals surface area contributed by atoms with Crippen LogP contribution in [0.5, 0.6) is 5.75 Å². The summed E-state index contributed by atoms with van der Waals surface area (Å²) in [5, 5.41) is 13.6. The van der Waals surface area contributed by atoms with Gasteiger partial charge < -0.3 is 20.1 Å². The van der Waals surface area contributed by atoms with Gasteiger partial charge in [0.1, 0.15) is 5.75 Å². The highest BCUT2D eigenvalue weighted by molar-refractivity contribution is 7.57. The van der Waals surface area contributed by atoms with Gasteiger partial charge in [0.15, 0.2) is 0 Å². The minimum Gasteiger partial charge on any atom is -0.495 e. The van der Waals surface area contributed by atoms with E-state index in [4.69, 9.17) is 16.3 Å². The first-order valence-electron chi connectivity index (χ1n) is 7.95. The van der Waals surface area contributed by atoms with Crippen LogP contribution in [0.1, 0.15) is 11.1 Å². The number of nitrogens with one attached hydrogen (secondary N) is 1. The Morgan fingerprint density at radius 1 is 1.20 bits per heavy atom. The Hall–Kier alpha value is -1.36. The fourth-order valence-electron chi connectivity index (χ4n) is 2.53. The largest absolute Gasteiger partial charge is 0.495 e. The minimum atomic E-state index is -3.43. The SMILES string of the molecule is COc1ccc(CNC[C@H](O)CP(=O)(O)Cc2ccccc2)cc1Cl. The van der Waals surface area contributed by atoms with Gasteiger partial charge in [-0.25, -0.2) is 0 Å². The zero-order valence-corrected chi connectivity index (χ0v) is 15.7. The molecule has 2 aromatic carbocycles. The van der Waals surface area contributed by atoms with E-state index in [9.17, 15) is 14.6 Å². The van der Waals surface area contributed by atoms with Crippen LogP contribution in [0.25, 0.3) is 0 Å². The summed E-state index contributed by atoms with van der Waals surface area (Å²) in [6.07, 6.45) is -0.967. The Bertz CT molecular complexity index is 726. The fourth-order valence-corrected chi connectivity index (χ4v) is 4.51. The highest BCUT2D eigenvalue weighted by atomic mass is 35.5. The monoisotopic (exact) mass is 383 g/mol. The summed E-state index contributed by atoms with van der Waals surface area (Å²) in [6.45, 7) is 0.720. The second kappa shape index (κ2) is 9.37. The van der Waals surface area contributed by atoms with E-state index >= 15 is 0 Å². The van der Waals surface area contributed by atoms with E-state index in [1.54, 1.807) is 31.4 Å². The second-order valence-electron chi connectivity index (χ2n) is 5.93. The van der Waals surface area contributed by atoms with Crippen LogP contribution in [0, 0.1) is 0 Å². The van der Waals surface area contributed by atoms with Crippen molar-refractivity contribution in [3.8, 4) is 5.75 Å². The predicted octanol–water partition coefficient (Wildman–Crippen LogP) is 3.27. The summed E-state index contributed by atoms with van der Waals surface area (Å²) in [6, 6.07) is 14.6. The minimum absolute atomic E-state index is 0.0684. The molecule has 0 spiro atoms. The van der Waals surface area contributed by atoms with Crippen molar-refractivity contribution in [3.63, 3.8) is 0 Å². The topological polar surface area (TPSA) is 78.8 Å². The molecule has 3 N–H and O–H groups in total. The van der Waals surface area contributed by atoms with Gasteiger partial charge in [0.25, 0.3) is 0 Å². The van der Waals surface area contributed by atoms with Gasteiger partial charge in [0, 0.05) is 19.3 Å². The standard InChI is InChI=1S/C18H23ClNO4P/c1-24-18-8-7-15(9-17(18)19)10-20-11-16(21)13-25(22,23)12-14-5-3-2-4-6-14/h2-9,16,20-21H,10-13H2,1H3,(H,22,23)/t16-/m0/s1. The Morgan fingerprint density at radius 2 is 1.92 bits per heavy atom. The molecule has 0 heterocycles. The van der Waals surface area contributed by atoms with E-state index in [1.807, 2.05) is 24.3 Å². The van der Waals surface area contributed by atoms with Crippen LogP contribution in [0.3, 0.4) is 0 Å². The van der Waals surface area contributed by atoms with Crippen molar-refractivity contribution in [2.24, 2.45) is 0 Å². The quantitative estimate of drug-likeness (QED) is 0.579. The Labute approximate surface area is 153 Å². The summed E-state index contributed by atoms with van der Waals surface area (Å²) in [5.41, 5.74) is 1.73. The third-order valence-electron chi connectivity index (χ3n) is 3.69.